The van der Waals surface area contributed by atoms with E-state index in [1.807, 2.05) is 19.9 Å². The first kappa shape index (κ1) is 13.0. The van der Waals surface area contributed by atoms with Crippen LogP contribution < -0.4 is 0 Å². The molecule has 0 spiro atoms. The number of nitrogens with zero attached hydrogens (tertiary/aromatic N) is 2. The Morgan fingerprint density at radius 3 is 2.67 bits per heavy atom. The molecule has 3 nitrogen and oxygen atoms in total. The van der Waals surface area contributed by atoms with Crippen LogP contribution in [0.1, 0.15) is 25.0 Å². The highest BCUT2D eigenvalue weighted by Crippen LogP contribution is 2.16. The predicted octanol–water partition coefficient (Wildman–Crippen LogP) is 2.31. The summed E-state index contributed by atoms with van der Waals surface area (Å²) in [6, 6.07) is 6.60. The van der Waals surface area contributed by atoms with Gasteiger partial charge < -0.3 is 4.74 Å². The van der Waals surface area contributed by atoms with Crippen molar-refractivity contribution >= 4 is 0 Å². The van der Waals surface area contributed by atoms with E-state index in [1.54, 1.807) is 12.1 Å². The molecule has 1 aliphatic rings. The molecule has 0 N–H and O–H groups in total. The molecule has 0 radical (unpaired) electrons. The molecule has 0 aliphatic carbocycles. The summed E-state index contributed by atoms with van der Waals surface area (Å²) in [4.78, 5) is 2.27. The van der Waals surface area contributed by atoms with Gasteiger partial charge in [0.25, 0.3) is 0 Å². The van der Waals surface area contributed by atoms with Crippen LogP contribution in [0.4, 0.5) is 4.39 Å². The average molecular weight is 248 g/mol. The van der Waals surface area contributed by atoms with Crippen LogP contribution in [0.2, 0.25) is 0 Å². The standard InChI is InChI=1S/C14H17FN2O/c1-10-7-17(8-11(2)18-10)9-12-3-4-14(15)13(5-12)6-16/h3-5,10-11H,7-9H2,1-2H3/t10-,11+. The van der Waals surface area contributed by atoms with Crippen LogP contribution in [0.15, 0.2) is 18.2 Å². The fraction of sp³-hybridized carbons (Fsp3) is 0.500. The molecule has 1 aliphatic heterocycles. The first-order valence-corrected chi connectivity index (χ1v) is 6.15. The van der Waals surface area contributed by atoms with E-state index in [4.69, 9.17) is 10.00 Å². The number of ether oxygens (including phenoxy) is 1. The van der Waals surface area contributed by atoms with Crippen LogP contribution in [0.5, 0.6) is 0 Å². The first-order chi connectivity index (χ1) is 8.58. The molecule has 2 atom stereocenters. The lowest BCUT2D eigenvalue weighted by atomic mass is 10.1. The van der Waals surface area contributed by atoms with Gasteiger partial charge in [-0.1, -0.05) is 6.07 Å². The molecule has 0 saturated carbocycles. The molecule has 0 aromatic heterocycles. The Hall–Kier alpha value is -1.44. The third-order valence-corrected chi connectivity index (χ3v) is 3.05. The van der Waals surface area contributed by atoms with Gasteiger partial charge in [0.1, 0.15) is 11.9 Å². The second-order valence-corrected chi connectivity index (χ2v) is 4.88. The summed E-state index contributed by atoms with van der Waals surface area (Å²) in [7, 11) is 0. The van der Waals surface area contributed by atoms with E-state index in [1.165, 1.54) is 6.07 Å². The van der Waals surface area contributed by atoms with Crippen molar-refractivity contribution in [3.63, 3.8) is 0 Å². The second-order valence-electron chi connectivity index (χ2n) is 4.88. The Bertz CT molecular complexity index is 459. The maximum atomic E-state index is 13.2. The quantitative estimate of drug-likeness (QED) is 0.805. The van der Waals surface area contributed by atoms with Crippen molar-refractivity contribution in [2.45, 2.75) is 32.6 Å². The minimum Gasteiger partial charge on any atom is -0.373 e. The minimum atomic E-state index is -0.454. The van der Waals surface area contributed by atoms with Crippen LogP contribution in [0, 0.1) is 17.1 Å². The van der Waals surface area contributed by atoms with E-state index in [2.05, 4.69) is 4.90 Å². The molecule has 1 aromatic rings. The molecule has 18 heavy (non-hydrogen) atoms. The fourth-order valence-corrected chi connectivity index (χ4v) is 2.43. The Morgan fingerprint density at radius 2 is 2.06 bits per heavy atom. The topological polar surface area (TPSA) is 36.3 Å². The third-order valence-electron chi connectivity index (χ3n) is 3.05. The molecule has 1 heterocycles. The van der Waals surface area contributed by atoms with Crippen molar-refractivity contribution in [3.05, 3.63) is 35.1 Å². The molecule has 0 bridgehead atoms. The van der Waals surface area contributed by atoms with E-state index in [9.17, 15) is 4.39 Å². The normalized spacial score (nSPS) is 24.8. The third kappa shape index (κ3) is 3.06. The van der Waals surface area contributed by atoms with Crippen molar-refractivity contribution in [1.29, 1.82) is 5.26 Å². The molecule has 0 amide bonds. The van der Waals surface area contributed by atoms with Crippen LogP contribution in [0.25, 0.3) is 0 Å². The molecule has 96 valence electrons. The lowest BCUT2D eigenvalue weighted by molar-refractivity contribution is -0.0704. The SMILES string of the molecule is C[C@@H]1CN(Cc2ccc(F)c(C#N)c2)C[C@H](C)O1. The largest absolute Gasteiger partial charge is 0.373 e. The van der Waals surface area contributed by atoms with E-state index in [-0.39, 0.29) is 17.8 Å². The highest BCUT2D eigenvalue weighted by atomic mass is 19.1. The van der Waals surface area contributed by atoms with Gasteiger partial charge in [0.05, 0.1) is 17.8 Å². The van der Waals surface area contributed by atoms with Gasteiger partial charge in [0.2, 0.25) is 0 Å². The number of halogens is 1. The number of nitriles is 1. The summed E-state index contributed by atoms with van der Waals surface area (Å²) in [5, 5.41) is 8.81. The Labute approximate surface area is 107 Å². The lowest BCUT2D eigenvalue weighted by Crippen LogP contribution is -2.44. The number of rotatable bonds is 2. The maximum Gasteiger partial charge on any atom is 0.140 e. The Morgan fingerprint density at radius 1 is 1.39 bits per heavy atom. The van der Waals surface area contributed by atoms with E-state index in [0.29, 0.717) is 0 Å². The van der Waals surface area contributed by atoms with E-state index in [0.717, 1.165) is 25.2 Å². The summed E-state index contributed by atoms with van der Waals surface area (Å²) in [5.41, 5.74) is 1.08. The zero-order valence-electron chi connectivity index (χ0n) is 10.7. The van der Waals surface area contributed by atoms with Gasteiger partial charge in [-0.2, -0.15) is 5.26 Å². The highest BCUT2D eigenvalue weighted by Gasteiger charge is 2.22. The molecular weight excluding hydrogens is 231 g/mol. The molecule has 1 aromatic carbocycles. The van der Waals surface area contributed by atoms with E-state index >= 15 is 0 Å². The summed E-state index contributed by atoms with van der Waals surface area (Å²) in [6.45, 7) is 6.56. The van der Waals surface area contributed by atoms with Crippen LogP contribution in [-0.2, 0) is 11.3 Å². The zero-order chi connectivity index (χ0) is 13.1. The maximum absolute atomic E-state index is 13.2. The first-order valence-electron chi connectivity index (χ1n) is 6.15. The minimum absolute atomic E-state index is 0.113. The molecular formula is C14H17FN2O. The average Bonchev–Trinajstić information content (AvgIpc) is 2.30. The number of benzene rings is 1. The summed E-state index contributed by atoms with van der Waals surface area (Å²) in [5.74, 6) is -0.454. The van der Waals surface area contributed by atoms with Crippen molar-refractivity contribution in [3.8, 4) is 6.07 Å². The van der Waals surface area contributed by atoms with Gasteiger partial charge in [0.15, 0.2) is 0 Å². The van der Waals surface area contributed by atoms with Gasteiger partial charge >= 0.3 is 0 Å². The monoisotopic (exact) mass is 248 g/mol. The summed E-state index contributed by atoms with van der Waals surface area (Å²) < 4.78 is 18.9. The summed E-state index contributed by atoms with van der Waals surface area (Å²) in [6.07, 6.45) is 0.425. The zero-order valence-corrected chi connectivity index (χ0v) is 10.7. The van der Waals surface area contributed by atoms with Crippen LogP contribution in [0.3, 0.4) is 0 Å². The summed E-state index contributed by atoms with van der Waals surface area (Å²) >= 11 is 0. The van der Waals surface area contributed by atoms with Crippen LogP contribution >= 0.6 is 0 Å². The Balaban J connectivity index is 2.07. The lowest BCUT2D eigenvalue weighted by Gasteiger charge is -2.35. The number of hydrogen-bond donors (Lipinski definition) is 0. The molecule has 0 unspecified atom stereocenters. The number of hydrogen-bond acceptors (Lipinski definition) is 3. The predicted molar refractivity (Wildman–Crippen MR) is 66.4 cm³/mol. The van der Waals surface area contributed by atoms with Gasteiger partial charge in [-0.3, -0.25) is 4.90 Å². The molecule has 1 saturated heterocycles. The van der Waals surface area contributed by atoms with Gasteiger partial charge in [-0.15, -0.1) is 0 Å². The Kier molecular flexibility index (Phi) is 3.95. The fourth-order valence-electron chi connectivity index (χ4n) is 2.43. The van der Waals surface area contributed by atoms with Crippen LogP contribution in [-0.4, -0.2) is 30.2 Å². The van der Waals surface area contributed by atoms with E-state index < -0.39 is 5.82 Å². The smallest absolute Gasteiger partial charge is 0.140 e. The molecule has 2 rings (SSSR count). The molecule has 4 heteroatoms. The molecule has 1 fully saturated rings. The van der Waals surface area contributed by atoms with Gasteiger partial charge in [0, 0.05) is 19.6 Å². The number of morpholine rings is 1. The van der Waals surface area contributed by atoms with Crippen molar-refractivity contribution < 1.29 is 9.13 Å². The van der Waals surface area contributed by atoms with Crippen molar-refractivity contribution in [1.82, 2.24) is 4.90 Å². The second kappa shape index (κ2) is 5.47. The van der Waals surface area contributed by atoms with Gasteiger partial charge in [-0.25, -0.2) is 4.39 Å². The highest BCUT2D eigenvalue weighted by molar-refractivity contribution is 5.34. The van der Waals surface area contributed by atoms with Crippen molar-refractivity contribution in [2.75, 3.05) is 13.1 Å². The van der Waals surface area contributed by atoms with Crippen molar-refractivity contribution in [2.24, 2.45) is 0 Å². The van der Waals surface area contributed by atoms with Gasteiger partial charge in [-0.05, 0) is 31.5 Å².